The molecule has 1 amide bonds. The number of nitrogens with zero attached hydrogens (tertiary/aromatic N) is 2. The van der Waals surface area contributed by atoms with E-state index in [1.807, 2.05) is 4.90 Å². The van der Waals surface area contributed by atoms with E-state index in [0.717, 1.165) is 32.7 Å². The molecule has 0 bridgehead atoms. The van der Waals surface area contributed by atoms with Crippen LogP contribution in [-0.2, 0) is 4.79 Å². The highest BCUT2D eigenvalue weighted by molar-refractivity contribution is 5.82. The van der Waals surface area contributed by atoms with Gasteiger partial charge in [-0.3, -0.25) is 4.79 Å². The zero-order chi connectivity index (χ0) is 12.4. The number of rotatable bonds is 2. The molecule has 0 aliphatic carbocycles. The lowest BCUT2D eigenvalue weighted by molar-refractivity contribution is -0.132. The summed E-state index contributed by atoms with van der Waals surface area (Å²) in [5, 5.41) is 6.55. The van der Waals surface area contributed by atoms with Gasteiger partial charge in [-0.15, -0.1) is 0 Å². The van der Waals surface area contributed by atoms with Crippen LogP contribution in [0.25, 0.3) is 0 Å². The molecule has 2 aliphatic rings. The lowest BCUT2D eigenvalue weighted by atomic mass is 10.1. The highest BCUT2D eigenvalue weighted by atomic mass is 16.2. The molecule has 98 valence electrons. The summed E-state index contributed by atoms with van der Waals surface area (Å²) in [6.07, 6.45) is 0. The molecule has 2 rings (SSSR count). The molecule has 0 aromatic rings. The standard InChI is InChI=1S/C12H24N4O/c1-9-7-16(8-11(9)15(2)3)12(17)10-6-13-4-5-14-10/h9-11,13-14H,4-8H2,1-3H3. The Labute approximate surface area is 104 Å². The zero-order valence-electron chi connectivity index (χ0n) is 11.1. The summed E-state index contributed by atoms with van der Waals surface area (Å²) in [7, 11) is 4.19. The van der Waals surface area contributed by atoms with Crippen LogP contribution in [0.3, 0.4) is 0 Å². The van der Waals surface area contributed by atoms with Gasteiger partial charge in [0.2, 0.25) is 5.91 Å². The molecule has 2 heterocycles. The van der Waals surface area contributed by atoms with Gasteiger partial charge in [0.15, 0.2) is 0 Å². The Balaban J connectivity index is 1.92. The van der Waals surface area contributed by atoms with Gasteiger partial charge in [0.25, 0.3) is 0 Å². The average molecular weight is 240 g/mol. The second-order valence-corrected chi connectivity index (χ2v) is 5.46. The molecule has 2 saturated heterocycles. The highest BCUT2D eigenvalue weighted by Crippen LogP contribution is 2.20. The maximum Gasteiger partial charge on any atom is 0.241 e. The first kappa shape index (κ1) is 12.8. The van der Waals surface area contributed by atoms with Gasteiger partial charge in [-0.1, -0.05) is 6.92 Å². The normalized spacial score (nSPS) is 34.4. The Morgan fingerprint density at radius 2 is 2.06 bits per heavy atom. The summed E-state index contributed by atoms with van der Waals surface area (Å²) < 4.78 is 0. The zero-order valence-corrected chi connectivity index (χ0v) is 11.1. The van der Waals surface area contributed by atoms with Crippen LogP contribution in [0.2, 0.25) is 0 Å². The maximum absolute atomic E-state index is 12.3. The molecule has 0 radical (unpaired) electrons. The molecule has 5 nitrogen and oxygen atoms in total. The molecule has 3 unspecified atom stereocenters. The molecular weight excluding hydrogens is 216 g/mol. The number of hydrogen-bond donors (Lipinski definition) is 2. The van der Waals surface area contributed by atoms with Gasteiger partial charge < -0.3 is 20.4 Å². The summed E-state index contributed by atoms with van der Waals surface area (Å²) in [5.41, 5.74) is 0. The Morgan fingerprint density at radius 1 is 1.29 bits per heavy atom. The lowest BCUT2D eigenvalue weighted by Gasteiger charge is -2.28. The third-order valence-corrected chi connectivity index (χ3v) is 3.89. The van der Waals surface area contributed by atoms with Crippen molar-refractivity contribution in [3.63, 3.8) is 0 Å². The fourth-order valence-corrected chi connectivity index (χ4v) is 2.85. The monoisotopic (exact) mass is 240 g/mol. The molecule has 2 N–H and O–H groups in total. The van der Waals surface area contributed by atoms with Crippen LogP contribution in [0.15, 0.2) is 0 Å². The summed E-state index contributed by atoms with van der Waals surface area (Å²) in [4.78, 5) is 16.6. The first-order chi connectivity index (χ1) is 8.09. The van der Waals surface area contributed by atoms with Gasteiger partial charge in [0.1, 0.15) is 0 Å². The molecule has 2 fully saturated rings. The second kappa shape index (κ2) is 5.33. The van der Waals surface area contributed by atoms with E-state index in [4.69, 9.17) is 0 Å². The molecular formula is C12H24N4O. The molecule has 2 aliphatic heterocycles. The highest BCUT2D eigenvalue weighted by Gasteiger charge is 2.36. The third-order valence-electron chi connectivity index (χ3n) is 3.89. The van der Waals surface area contributed by atoms with Gasteiger partial charge in [-0.05, 0) is 20.0 Å². The number of amides is 1. The number of carbonyl (C=O) groups is 1. The topological polar surface area (TPSA) is 47.6 Å². The number of nitrogens with one attached hydrogen (secondary N) is 2. The van der Waals surface area contributed by atoms with Crippen molar-refractivity contribution >= 4 is 5.91 Å². The predicted molar refractivity (Wildman–Crippen MR) is 67.9 cm³/mol. The quantitative estimate of drug-likeness (QED) is 0.647. The van der Waals surface area contributed by atoms with Crippen molar-refractivity contribution in [2.45, 2.75) is 19.0 Å². The Kier molecular flexibility index (Phi) is 4.01. The van der Waals surface area contributed by atoms with Crippen LogP contribution in [0, 0.1) is 5.92 Å². The minimum Gasteiger partial charge on any atom is -0.339 e. The van der Waals surface area contributed by atoms with E-state index in [1.165, 1.54) is 0 Å². The van der Waals surface area contributed by atoms with Crippen molar-refractivity contribution in [1.82, 2.24) is 20.4 Å². The minimum atomic E-state index is -0.0307. The van der Waals surface area contributed by atoms with E-state index >= 15 is 0 Å². The largest absolute Gasteiger partial charge is 0.339 e. The predicted octanol–water partition coefficient (Wildman–Crippen LogP) is -1.04. The first-order valence-electron chi connectivity index (χ1n) is 6.49. The van der Waals surface area contributed by atoms with E-state index < -0.39 is 0 Å². The molecule has 17 heavy (non-hydrogen) atoms. The van der Waals surface area contributed by atoms with Crippen LogP contribution in [0.5, 0.6) is 0 Å². The minimum absolute atomic E-state index is 0.0307. The van der Waals surface area contributed by atoms with Crippen LogP contribution in [0.1, 0.15) is 6.92 Å². The Bertz CT molecular complexity index is 276. The lowest BCUT2D eigenvalue weighted by Crippen LogP contribution is -2.56. The van der Waals surface area contributed by atoms with Crippen molar-refractivity contribution in [2.24, 2.45) is 5.92 Å². The fourth-order valence-electron chi connectivity index (χ4n) is 2.85. The van der Waals surface area contributed by atoms with Gasteiger partial charge >= 0.3 is 0 Å². The van der Waals surface area contributed by atoms with Crippen LogP contribution >= 0.6 is 0 Å². The second-order valence-electron chi connectivity index (χ2n) is 5.46. The first-order valence-corrected chi connectivity index (χ1v) is 6.49. The van der Waals surface area contributed by atoms with Crippen molar-refractivity contribution in [1.29, 1.82) is 0 Å². The van der Waals surface area contributed by atoms with E-state index in [1.54, 1.807) is 0 Å². The van der Waals surface area contributed by atoms with Gasteiger partial charge in [0.05, 0.1) is 6.04 Å². The van der Waals surface area contributed by atoms with Crippen molar-refractivity contribution < 1.29 is 4.79 Å². The fraction of sp³-hybridized carbons (Fsp3) is 0.917. The van der Waals surface area contributed by atoms with Gasteiger partial charge in [-0.25, -0.2) is 0 Å². The SMILES string of the molecule is CC1CN(C(=O)C2CNCCN2)CC1N(C)C. The molecule has 5 heteroatoms. The smallest absolute Gasteiger partial charge is 0.241 e. The summed E-state index contributed by atoms with van der Waals surface area (Å²) in [5.74, 6) is 0.818. The number of carbonyl (C=O) groups excluding carboxylic acids is 1. The molecule has 3 atom stereocenters. The number of hydrogen-bond acceptors (Lipinski definition) is 4. The van der Waals surface area contributed by atoms with Crippen LogP contribution < -0.4 is 10.6 Å². The average Bonchev–Trinajstić information content (AvgIpc) is 2.71. The summed E-state index contributed by atoms with van der Waals surface area (Å²) in [6, 6.07) is 0.465. The van der Waals surface area contributed by atoms with Crippen molar-refractivity contribution in [3.8, 4) is 0 Å². The van der Waals surface area contributed by atoms with E-state index in [-0.39, 0.29) is 11.9 Å². The molecule has 0 saturated carbocycles. The molecule has 0 aromatic carbocycles. The van der Waals surface area contributed by atoms with Crippen molar-refractivity contribution in [2.75, 3.05) is 46.8 Å². The summed E-state index contributed by atoms with van der Waals surface area (Å²) >= 11 is 0. The Hall–Kier alpha value is -0.650. The summed E-state index contributed by atoms with van der Waals surface area (Å²) in [6.45, 7) is 6.59. The number of likely N-dealkylation sites (tertiary alicyclic amines) is 1. The maximum atomic E-state index is 12.3. The van der Waals surface area contributed by atoms with E-state index in [9.17, 15) is 4.79 Å². The van der Waals surface area contributed by atoms with Gasteiger partial charge in [-0.2, -0.15) is 0 Å². The number of piperazine rings is 1. The van der Waals surface area contributed by atoms with E-state index in [0.29, 0.717) is 12.0 Å². The van der Waals surface area contributed by atoms with Crippen LogP contribution in [0.4, 0.5) is 0 Å². The Morgan fingerprint density at radius 3 is 2.59 bits per heavy atom. The van der Waals surface area contributed by atoms with Crippen LogP contribution in [-0.4, -0.2) is 74.6 Å². The molecule has 0 spiro atoms. The van der Waals surface area contributed by atoms with Gasteiger partial charge in [0, 0.05) is 38.8 Å². The van der Waals surface area contributed by atoms with E-state index in [2.05, 4.69) is 36.6 Å². The molecule has 0 aromatic heterocycles. The number of likely N-dealkylation sites (N-methyl/N-ethyl adjacent to an activating group) is 1. The third kappa shape index (κ3) is 2.78. The van der Waals surface area contributed by atoms with Crippen molar-refractivity contribution in [3.05, 3.63) is 0 Å².